The lowest BCUT2D eigenvalue weighted by Crippen LogP contribution is -2.39. The standard InChI is InChI=1S/C18H25N3O6/c1-18(2,3)27-16(22)12-19(4)17(23)14-11-13(21(24)25)5-6-15(14)20-7-9-26-10-8-20/h5-6,11H,7-10,12H2,1-4H3. The van der Waals surface area contributed by atoms with Crippen LogP contribution in [0.1, 0.15) is 31.1 Å². The van der Waals surface area contributed by atoms with Crippen LogP contribution >= 0.6 is 0 Å². The van der Waals surface area contributed by atoms with Crippen LogP contribution in [-0.2, 0) is 14.3 Å². The van der Waals surface area contributed by atoms with Crippen LogP contribution in [0.25, 0.3) is 0 Å². The van der Waals surface area contributed by atoms with Crippen molar-refractivity contribution in [3.63, 3.8) is 0 Å². The van der Waals surface area contributed by atoms with E-state index >= 15 is 0 Å². The van der Waals surface area contributed by atoms with Gasteiger partial charge in [0.1, 0.15) is 12.1 Å². The van der Waals surface area contributed by atoms with E-state index in [1.165, 1.54) is 24.1 Å². The summed E-state index contributed by atoms with van der Waals surface area (Å²) in [6.07, 6.45) is 0. The van der Waals surface area contributed by atoms with Crippen molar-refractivity contribution < 1.29 is 24.0 Å². The lowest BCUT2D eigenvalue weighted by Gasteiger charge is -2.31. The van der Waals surface area contributed by atoms with Gasteiger partial charge in [0.2, 0.25) is 0 Å². The van der Waals surface area contributed by atoms with Gasteiger partial charge >= 0.3 is 5.97 Å². The van der Waals surface area contributed by atoms with Gasteiger partial charge in [-0.1, -0.05) is 0 Å². The minimum atomic E-state index is -0.661. The number of nitro groups is 1. The second-order valence-electron chi connectivity index (χ2n) is 7.31. The second-order valence-corrected chi connectivity index (χ2v) is 7.31. The molecule has 0 N–H and O–H groups in total. The molecule has 0 unspecified atom stereocenters. The Balaban J connectivity index is 2.27. The van der Waals surface area contributed by atoms with Gasteiger partial charge in [-0.2, -0.15) is 0 Å². The number of morpholine rings is 1. The van der Waals surface area contributed by atoms with Crippen LogP contribution in [0.4, 0.5) is 11.4 Å². The molecule has 9 heteroatoms. The van der Waals surface area contributed by atoms with Crippen LogP contribution in [-0.4, -0.2) is 67.2 Å². The molecule has 0 atom stereocenters. The summed E-state index contributed by atoms with van der Waals surface area (Å²) < 4.78 is 10.6. The number of carbonyl (C=O) groups excluding carboxylic acids is 2. The zero-order valence-corrected chi connectivity index (χ0v) is 16.1. The summed E-state index contributed by atoms with van der Waals surface area (Å²) in [6, 6.07) is 4.19. The number of hydrogen-bond acceptors (Lipinski definition) is 7. The minimum Gasteiger partial charge on any atom is -0.459 e. The summed E-state index contributed by atoms with van der Waals surface area (Å²) in [7, 11) is 1.47. The van der Waals surface area contributed by atoms with Gasteiger partial charge in [0.05, 0.1) is 29.4 Å². The topological polar surface area (TPSA) is 102 Å². The molecule has 27 heavy (non-hydrogen) atoms. The number of ether oxygens (including phenoxy) is 2. The highest BCUT2D eigenvalue weighted by atomic mass is 16.6. The van der Waals surface area contributed by atoms with Crippen molar-refractivity contribution in [2.45, 2.75) is 26.4 Å². The molecule has 1 heterocycles. The fourth-order valence-electron chi connectivity index (χ4n) is 2.73. The van der Waals surface area contributed by atoms with E-state index in [0.717, 1.165) is 0 Å². The fourth-order valence-corrected chi connectivity index (χ4v) is 2.73. The normalized spacial score (nSPS) is 14.6. The Morgan fingerprint density at radius 2 is 1.93 bits per heavy atom. The minimum absolute atomic E-state index is 0.178. The number of rotatable bonds is 5. The van der Waals surface area contributed by atoms with Crippen molar-refractivity contribution in [2.24, 2.45) is 0 Å². The average Bonchev–Trinajstić information content (AvgIpc) is 2.59. The van der Waals surface area contributed by atoms with Gasteiger partial charge in [-0.05, 0) is 26.8 Å². The molecule has 1 aromatic carbocycles. The van der Waals surface area contributed by atoms with Crippen molar-refractivity contribution in [3.8, 4) is 0 Å². The van der Waals surface area contributed by atoms with E-state index in [1.807, 2.05) is 4.90 Å². The number of hydrogen-bond donors (Lipinski definition) is 0. The Morgan fingerprint density at radius 3 is 2.48 bits per heavy atom. The third-order valence-corrected chi connectivity index (χ3v) is 3.91. The fraction of sp³-hybridized carbons (Fsp3) is 0.556. The number of non-ortho nitro benzene ring substituents is 1. The SMILES string of the molecule is CN(CC(=O)OC(C)(C)C)C(=O)c1cc([N+](=O)[O-])ccc1N1CCOCC1. The largest absolute Gasteiger partial charge is 0.459 e. The van der Waals surface area contributed by atoms with Crippen LogP contribution < -0.4 is 4.90 Å². The van der Waals surface area contributed by atoms with E-state index in [4.69, 9.17) is 9.47 Å². The van der Waals surface area contributed by atoms with Crippen LogP contribution in [0, 0.1) is 10.1 Å². The Labute approximate surface area is 158 Å². The summed E-state index contributed by atoms with van der Waals surface area (Å²) in [6.45, 7) is 7.15. The van der Waals surface area contributed by atoms with Crippen LogP contribution in [0.15, 0.2) is 18.2 Å². The number of amides is 1. The van der Waals surface area contributed by atoms with E-state index in [2.05, 4.69) is 0 Å². The number of nitro benzene ring substituents is 1. The first kappa shape index (κ1) is 20.6. The Bertz CT molecular complexity index is 722. The highest BCUT2D eigenvalue weighted by Crippen LogP contribution is 2.27. The number of carbonyl (C=O) groups is 2. The van der Waals surface area contributed by atoms with Gasteiger partial charge in [-0.15, -0.1) is 0 Å². The molecule has 0 spiro atoms. The quantitative estimate of drug-likeness (QED) is 0.437. The molecule has 0 aromatic heterocycles. The van der Waals surface area contributed by atoms with Crippen LogP contribution in [0.3, 0.4) is 0 Å². The molecule has 1 aromatic rings. The van der Waals surface area contributed by atoms with E-state index in [-0.39, 0.29) is 17.8 Å². The first-order valence-electron chi connectivity index (χ1n) is 8.67. The van der Waals surface area contributed by atoms with E-state index < -0.39 is 22.4 Å². The van der Waals surface area contributed by atoms with Crippen molar-refractivity contribution in [2.75, 3.05) is 44.8 Å². The third kappa shape index (κ3) is 5.65. The van der Waals surface area contributed by atoms with E-state index in [9.17, 15) is 19.7 Å². The number of likely N-dealkylation sites (N-methyl/N-ethyl adjacent to an activating group) is 1. The lowest BCUT2D eigenvalue weighted by molar-refractivity contribution is -0.384. The first-order valence-corrected chi connectivity index (χ1v) is 8.67. The highest BCUT2D eigenvalue weighted by molar-refractivity contribution is 6.01. The van der Waals surface area contributed by atoms with Crippen molar-refractivity contribution in [1.82, 2.24) is 4.90 Å². The lowest BCUT2D eigenvalue weighted by atomic mass is 10.1. The third-order valence-electron chi connectivity index (χ3n) is 3.91. The molecular formula is C18H25N3O6. The molecule has 2 rings (SSSR count). The molecule has 148 valence electrons. The van der Waals surface area contributed by atoms with E-state index in [0.29, 0.717) is 32.0 Å². The summed E-state index contributed by atoms with van der Waals surface area (Å²) >= 11 is 0. The first-order chi connectivity index (χ1) is 12.6. The Kier molecular flexibility index (Phi) is 6.37. The molecule has 0 saturated carbocycles. The molecule has 0 radical (unpaired) electrons. The van der Waals surface area contributed by atoms with Gasteiger partial charge in [0.15, 0.2) is 0 Å². The van der Waals surface area contributed by atoms with Gasteiger partial charge in [0.25, 0.3) is 11.6 Å². The number of benzene rings is 1. The molecule has 1 aliphatic heterocycles. The van der Waals surface area contributed by atoms with Crippen LogP contribution in [0.2, 0.25) is 0 Å². The van der Waals surface area contributed by atoms with Crippen molar-refractivity contribution in [3.05, 3.63) is 33.9 Å². The van der Waals surface area contributed by atoms with Gasteiger partial charge in [0, 0.05) is 32.3 Å². The summed E-state index contributed by atoms with van der Waals surface area (Å²) in [5.74, 6) is -1.03. The predicted octanol–water partition coefficient (Wildman–Crippen LogP) is 1.85. The van der Waals surface area contributed by atoms with E-state index in [1.54, 1.807) is 26.8 Å². The zero-order chi connectivity index (χ0) is 20.2. The van der Waals surface area contributed by atoms with Crippen molar-refractivity contribution in [1.29, 1.82) is 0 Å². The molecule has 1 saturated heterocycles. The molecule has 9 nitrogen and oxygen atoms in total. The number of anilines is 1. The molecule has 0 bridgehead atoms. The maximum Gasteiger partial charge on any atom is 0.326 e. The monoisotopic (exact) mass is 379 g/mol. The smallest absolute Gasteiger partial charge is 0.326 e. The zero-order valence-electron chi connectivity index (χ0n) is 16.1. The molecular weight excluding hydrogens is 354 g/mol. The Morgan fingerprint density at radius 1 is 1.30 bits per heavy atom. The maximum atomic E-state index is 12.9. The highest BCUT2D eigenvalue weighted by Gasteiger charge is 2.26. The Hall–Kier alpha value is -2.68. The molecule has 1 aliphatic rings. The van der Waals surface area contributed by atoms with Gasteiger partial charge in [-0.3, -0.25) is 19.7 Å². The van der Waals surface area contributed by atoms with Gasteiger partial charge < -0.3 is 19.3 Å². The summed E-state index contributed by atoms with van der Waals surface area (Å²) in [5, 5.41) is 11.1. The second kappa shape index (κ2) is 8.34. The van der Waals surface area contributed by atoms with Gasteiger partial charge in [-0.25, -0.2) is 0 Å². The summed E-state index contributed by atoms with van der Waals surface area (Å²) in [4.78, 5) is 38.7. The predicted molar refractivity (Wildman–Crippen MR) is 98.9 cm³/mol. The maximum absolute atomic E-state index is 12.9. The molecule has 1 amide bonds. The number of esters is 1. The molecule has 0 aliphatic carbocycles. The molecule has 1 fully saturated rings. The van der Waals surface area contributed by atoms with Crippen molar-refractivity contribution >= 4 is 23.3 Å². The van der Waals surface area contributed by atoms with Crippen LogP contribution in [0.5, 0.6) is 0 Å². The summed E-state index contributed by atoms with van der Waals surface area (Å²) in [5.41, 5.74) is -0.0750. The average molecular weight is 379 g/mol. The number of nitrogens with zero attached hydrogens (tertiary/aromatic N) is 3.